The quantitative estimate of drug-likeness (QED) is 0.764. The van der Waals surface area contributed by atoms with E-state index < -0.39 is 0 Å². The van der Waals surface area contributed by atoms with E-state index >= 15 is 0 Å². The van der Waals surface area contributed by atoms with E-state index in [0.717, 1.165) is 23.2 Å². The maximum atomic E-state index is 11.7. The molecule has 116 valence electrons. The molecule has 0 saturated heterocycles. The van der Waals surface area contributed by atoms with Crippen molar-refractivity contribution in [3.05, 3.63) is 64.4 Å². The van der Waals surface area contributed by atoms with Crippen LogP contribution in [-0.2, 0) is 19.6 Å². The number of aromatic nitrogens is 1. The highest BCUT2D eigenvalue weighted by Crippen LogP contribution is 2.06. The second kappa shape index (κ2) is 8.36. The molecular weight excluding hydrogens is 302 g/mol. The van der Waals surface area contributed by atoms with Crippen molar-refractivity contribution in [1.29, 1.82) is 0 Å². The fourth-order valence-electron chi connectivity index (χ4n) is 1.88. The smallest absolute Gasteiger partial charge is 0.315 e. The summed E-state index contributed by atoms with van der Waals surface area (Å²) < 4.78 is 0. The summed E-state index contributed by atoms with van der Waals surface area (Å²) >= 11 is 5.74. The summed E-state index contributed by atoms with van der Waals surface area (Å²) in [4.78, 5) is 15.8. The van der Waals surface area contributed by atoms with Gasteiger partial charge in [0.2, 0.25) is 0 Å². The van der Waals surface area contributed by atoms with Crippen LogP contribution < -0.4 is 10.6 Å². The third-order valence-corrected chi connectivity index (χ3v) is 3.35. The van der Waals surface area contributed by atoms with Crippen LogP contribution in [0.5, 0.6) is 0 Å². The number of rotatable bonds is 6. The van der Waals surface area contributed by atoms with Crippen molar-refractivity contribution in [2.45, 2.75) is 19.6 Å². The molecule has 1 aromatic heterocycles. The van der Waals surface area contributed by atoms with Gasteiger partial charge in [0.1, 0.15) is 0 Å². The monoisotopic (exact) mass is 319 g/mol. The standard InChI is InChI=1S/C16H18ClN3O2/c17-14-5-6-15(19-9-14)10-20-16(22)18-8-7-12-1-3-13(11-21)4-2-12/h1-6,9,21H,7-8,10-11H2,(H2,18,20,22). The van der Waals surface area contributed by atoms with Crippen molar-refractivity contribution in [3.8, 4) is 0 Å². The van der Waals surface area contributed by atoms with Gasteiger partial charge in [0, 0.05) is 12.7 Å². The molecule has 1 aromatic carbocycles. The van der Waals surface area contributed by atoms with Crippen LogP contribution in [-0.4, -0.2) is 22.7 Å². The zero-order chi connectivity index (χ0) is 15.8. The third-order valence-electron chi connectivity index (χ3n) is 3.12. The molecule has 0 saturated carbocycles. The molecule has 0 spiro atoms. The van der Waals surface area contributed by atoms with Gasteiger partial charge in [0.05, 0.1) is 23.9 Å². The predicted molar refractivity (Wildman–Crippen MR) is 85.6 cm³/mol. The van der Waals surface area contributed by atoms with Crippen LogP contribution in [0, 0.1) is 0 Å². The molecular formula is C16H18ClN3O2. The van der Waals surface area contributed by atoms with Crippen molar-refractivity contribution in [2.24, 2.45) is 0 Å². The minimum Gasteiger partial charge on any atom is -0.392 e. The van der Waals surface area contributed by atoms with Gasteiger partial charge < -0.3 is 15.7 Å². The van der Waals surface area contributed by atoms with E-state index in [1.807, 2.05) is 24.3 Å². The van der Waals surface area contributed by atoms with Crippen LogP contribution in [0.3, 0.4) is 0 Å². The van der Waals surface area contributed by atoms with E-state index in [4.69, 9.17) is 16.7 Å². The molecule has 2 aromatic rings. The minimum absolute atomic E-state index is 0.0413. The largest absolute Gasteiger partial charge is 0.392 e. The summed E-state index contributed by atoms with van der Waals surface area (Å²) in [7, 11) is 0. The Kier molecular flexibility index (Phi) is 6.18. The first kappa shape index (κ1) is 16.3. The van der Waals surface area contributed by atoms with Crippen molar-refractivity contribution < 1.29 is 9.90 Å². The SMILES string of the molecule is O=C(NCCc1ccc(CO)cc1)NCc1ccc(Cl)cn1. The lowest BCUT2D eigenvalue weighted by Gasteiger charge is -2.08. The first-order chi connectivity index (χ1) is 10.7. The molecule has 0 fully saturated rings. The van der Waals surface area contributed by atoms with Crippen LogP contribution in [0.25, 0.3) is 0 Å². The van der Waals surface area contributed by atoms with E-state index in [2.05, 4.69) is 15.6 Å². The maximum Gasteiger partial charge on any atom is 0.315 e. The van der Waals surface area contributed by atoms with Crippen LogP contribution >= 0.6 is 11.6 Å². The Morgan fingerprint density at radius 3 is 2.45 bits per heavy atom. The lowest BCUT2D eigenvalue weighted by Crippen LogP contribution is -2.36. The molecule has 5 nitrogen and oxygen atoms in total. The number of carbonyl (C=O) groups excluding carboxylic acids is 1. The highest BCUT2D eigenvalue weighted by atomic mass is 35.5. The number of carbonyl (C=O) groups is 1. The number of aliphatic hydroxyl groups is 1. The Balaban J connectivity index is 1.67. The second-order valence-corrected chi connectivity index (χ2v) is 5.24. The lowest BCUT2D eigenvalue weighted by molar-refractivity contribution is 0.240. The molecule has 0 aliphatic rings. The summed E-state index contributed by atoms with van der Waals surface area (Å²) in [6.45, 7) is 0.937. The Morgan fingerprint density at radius 1 is 1.09 bits per heavy atom. The normalized spacial score (nSPS) is 10.3. The minimum atomic E-state index is -0.233. The van der Waals surface area contributed by atoms with Gasteiger partial charge in [0.25, 0.3) is 0 Å². The first-order valence-corrected chi connectivity index (χ1v) is 7.36. The van der Waals surface area contributed by atoms with Crippen LogP contribution in [0.1, 0.15) is 16.8 Å². The first-order valence-electron chi connectivity index (χ1n) is 6.98. The van der Waals surface area contributed by atoms with Gasteiger partial charge in [0.15, 0.2) is 0 Å². The molecule has 1 heterocycles. The molecule has 0 unspecified atom stereocenters. The number of benzene rings is 1. The van der Waals surface area contributed by atoms with Crippen LogP contribution in [0.4, 0.5) is 4.79 Å². The molecule has 3 N–H and O–H groups in total. The summed E-state index contributed by atoms with van der Waals surface area (Å²) in [5.41, 5.74) is 2.74. The fourth-order valence-corrected chi connectivity index (χ4v) is 1.99. The van der Waals surface area contributed by atoms with E-state index in [0.29, 0.717) is 18.1 Å². The number of aliphatic hydroxyl groups excluding tert-OH is 1. The average molecular weight is 320 g/mol. The number of halogens is 1. The van der Waals surface area contributed by atoms with E-state index in [9.17, 15) is 4.79 Å². The molecule has 22 heavy (non-hydrogen) atoms. The van der Waals surface area contributed by atoms with E-state index in [-0.39, 0.29) is 12.6 Å². The van der Waals surface area contributed by atoms with Gasteiger partial charge in [-0.05, 0) is 29.7 Å². The van der Waals surface area contributed by atoms with Crippen LogP contribution in [0.2, 0.25) is 5.02 Å². The zero-order valence-electron chi connectivity index (χ0n) is 12.1. The second-order valence-electron chi connectivity index (χ2n) is 4.80. The zero-order valence-corrected chi connectivity index (χ0v) is 12.8. The van der Waals surface area contributed by atoms with Gasteiger partial charge in [-0.15, -0.1) is 0 Å². The van der Waals surface area contributed by atoms with Crippen molar-refractivity contribution in [3.63, 3.8) is 0 Å². The molecule has 2 rings (SSSR count). The Hall–Kier alpha value is -2.11. The average Bonchev–Trinajstić information content (AvgIpc) is 2.55. The summed E-state index contributed by atoms with van der Waals surface area (Å²) in [5, 5.41) is 15.1. The lowest BCUT2D eigenvalue weighted by atomic mass is 10.1. The highest BCUT2D eigenvalue weighted by molar-refractivity contribution is 6.30. The molecule has 0 bridgehead atoms. The Bertz CT molecular complexity index is 600. The van der Waals surface area contributed by atoms with Gasteiger partial charge in [-0.1, -0.05) is 35.9 Å². The topological polar surface area (TPSA) is 74.2 Å². The molecule has 0 aliphatic heterocycles. The maximum absolute atomic E-state index is 11.7. The summed E-state index contributed by atoms with van der Waals surface area (Å²) in [6.07, 6.45) is 2.28. The predicted octanol–water partition coefficient (Wildman–Crippen LogP) is 2.27. The molecule has 0 atom stereocenters. The fraction of sp³-hybridized carbons (Fsp3) is 0.250. The number of hydrogen-bond acceptors (Lipinski definition) is 3. The van der Waals surface area contributed by atoms with Gasteiger partial charge in [-0.2, -0.15) is 0 Å². The van der Waals surface area contributed by atoms with Crippen molar-refractivity contribution in [2.75, 3.05) is 6.54 Å². The van der Waals surface area contributed by atoms with E-state index in [1.165, 1.54) is 0 Å². The Labute approximate surface area is 134 Å². The van der Waals surface area contributed by atoms with Crippen LogP contribution in [0.15, 0.2) is 42.6 Å². The number of amides is 2. The molecule has 0 aliphatic carbocycles. The molecule has 2 amide bonds. The van der Waals surface area contributed by atoms with Gasteiger partial charge >= 0.3 is 6.03 Å². The number of nitrogens with one attached hydrogen (secondary N) is 2. The summed E-state index contributed by atoms with van der Waals surface area (Å²) in [6, 6.07) is 10.9. The number of pyridine rings is 1. The number of nitrogens with zero attached hydrogens (tertiary/aromatic N) is 1. The molecule has 6 heteroatoms. The number of urea groups is 1. The number of hydrogen-bond donors (Lipinski definition) is 3. The summed E-state index contributed by atoms with van der Waals surface area (Å²) in [5.74, 6) is 0. The van der Waals surface area contributed by atoms with Gasteiger partial charge in [-0.3, -0.25) is 4.98 Å². The van der Waals surface area contributed by atoms with Crippen molar-refractivity contribution in [1.82, 2.24) is 15.6 Å². The highest BCUT2D eigenvalue weighted by Gasteiger charge is 2.01. The Morgan fingerprint density at radius 2 is 1.82 bits per heavy atom. The third kappa shape index (κ3) is 5.35. The van der Waals surface area contributed by atoms with Crippen molar-refractivity contribution >= 4 is 17.6 Å². The molecule has 0 radical (unpaired) electrons. The van der Waals surface area contributed by atoms with E-state index in [1.54, 1.807) is 18.3 Å². The van der Waals surface area contributed by atoms with Gasteiger partial charge in [-0.25, -0.2) is 4.79 Å².